The molecule has 2 aliphatic rings. The molecule has 2 saturated heterocycles. The average Bonchev–Trinajstić information content (AvgIpc) is 2.67. The summed E-state index contributed by atoms with van der Waals surface area (Å²) in [6.07, 6.45) is 1.16. The zero-order chi connectivity index (χ0) is 20.3. The summed E-state index contributed by atoms with van der Waals surface area (Å²) < 4.78 is 19.3. The van der Waals surface area contributed by atoms with E-state index in [1.165, 1.54) is 13.2 Å². The van der Waals surface area contributed by atoms with Crippen LogP contribution < -0.4 is 4.74 Å². The Kier molecular flexibility index (Phi) is 6.58. The van der Waals surface area contributed by atoms with Gasteiger partial charge >= 0.3 is 0 Å². The van der Waals surface area contributed by atoms with Gasteiger partial charge in [0, 0.05) is 57.4 Å². The number of rotatable bonds is 6. The zero-order valence-electron chi connectivity index (χ0n) is 17.2. The van der Waals surface area contributed by atoms with Gasteiger partial charge in [0.05, 0.1) is 7.11 Å². The molecule has 0 aliphatic carbocycles. The van der Waals surface area contributed by atoms with Gasteiger partial charge in [0.2, 0.25) is 0 Å². The maximum absolute atomic E-state index is 14.2. The first-order valence-electron chi connectivity index (χ1n) is 10.1. The molecule has 7 heteroatoms. The third-order valence-corrected chi connectivity index (χ3v) is 5.94. The number of likely N-dealkylation sites (tertiary alicyclic amines) is 1. The smallest absolute Gasteiger partial charge is 0.256 e. The first-order chi connectivity index (χ1) is 13.3. The summed E-state index contributed by atoms with van der Waals surface area (Å²) in [6, 6.07) is 5.03. The fourth-order valence-electron chi connectivity index (χ4n) is 4.18. The standard InChI is InChI=1S/C21H32FN3O3/c1-16(2)24-11-9-23(10-12-24)15-21(27)7-4-8-25(20(21)26)14-17-13-18(28-3)5-6-19(17)22/h5-6,13,16,27H,4,7-12,14-15H2,1-3H3. The first-order valence-corrected chi connectivity index (χ1v) is 10.1. The van der Waals surface area contributed by atoms with Crippen LogP contribution in [-0.4, -0.2) is 83.7 Å². The molecule has 1 amide bonds. The Morgan fingerprint density at radius 2 is 1.93 bits per heavy atom. The lowest BCUT2D eigenvalue weighted by Crippen LogP contribution is -2.60. The molecule has 0 saturated carbocycles. The Balaban J connectivity index is 1.65. The highest BCUT2D eigenvalue weighted by Crippen LogP contribution is 2.27. The summed E-state index contributed by atoms with van der Waals surface area (Å²) in [4.78, 5) is 19.2. The van der Waals surface area contributed by atoms with Crippen LogP contribution in [0.2, 0.25) is 0 Å². The second-order valence-electron chi connectivity index (χ2n) is 8.23. The van der Waals surface area contributed by atoms with E-state index in [4.69, 9.17) is 4.74 Å². The molecular formula is C21H32FN3O3. The van der Waals surface area contributed by atoms with Crippen molar-refractivity contribution in [1.82, 2.24) is 14.7 Å². The van der Waals surface area contributed by atoms with Gasteiger partial charge in [-0.05, 0) is 44.9 Å². The van der Waals surface area contributed by atoms with Crippen LogP contribution >= 0.6 is 0 Å². The van der Waals surface area contributed by atoms with Gasteiger partial charge < -0.3 is 14.7 Å². The van der Waals surface area contributed by atoms with Crippen molar-refractivity contribution in [3.8, 4) is 5.75 Å². The van der Waals surface area contributed by atoms with Crippen molar-refractivity contribution in [3.05, 3.63) is 29.6 Å². The van der Waals surface area contributed by atoms with Gasteiger partial charge in [-0.2, -0.15) is 0 Å². The number of methoxy groups -OCH3 is 1. The zero-order valence-corrected chi connectivity index (χ0v) is 17.2. The molecular weight excluding hydrogens is 361 g/mol. The van der Waals surface area contributed by atoms with E-state index in [1.807, 2.05) is 0 Å². The van der Waals surface area contributed by atoms with E-state index in [0.29, 0.717) is 43.3 Å². The fraction of sp³-hybridized carbons (Fsp3) is 0.667. The van der Waals surface area contributed by atoms with Gasteiger partial charge in [-0.1, -0.05) is 0 Å². The number of nitrogens with zero attached hydrogens (tertiary/aromatic N) is 3. The van der Waals surface area contributed by atoms with Crippen molar-refractivity contribution >= 4 is 5.91 Å². The maximum atomic E-state index is 14.2. The van der Waals surface area contributed by atoms with Gasteiger partial charge in [0.15, 0.2) is 5.60 Å². The van der Waals surface area contributed by atoms with Crippen LogP contribution in [0, 0.1) is 5.82 Å². The lowest BCUT2D eigenvalue weighted by atomic mass is 9.90. The molecule has 1 aromatic rings. The molecule has 3 rings (SSSR count). The van der Waals surface area contributed by atoms with E-state index >= 15 is 0 Å². The molecule has 0 bridgehead atoms. The molecule has 2 aliphatic heterocycles. The van der Waals surface area contributed by atoms with Gasteiger partial charge in [0.1, 0.15) is 11.6 Å². The quantitative estimate of drug-likeness (QED) is 0.798. The highest BCUT2D eigenvalue weighted by atomic mass is 19.1. The van der Waals surface area contributed by atoms with Crippen molar-refractivity contribution in [3.63, 3.8) is 0 Å². The molecule has 2 heterocycles. The second-order valence-corrected chi connectivity index (χ2v) is 8.23. The summed E-state index contributed by atoms with van der Waals surface area (Å²) in [5.41, 5.74) is -0.990. The van der Waals surface area contributed by atoms with Gasteiger partial charge in [0.25, 0.3) is 5.91 Å². The first kappa shape index (κ1) is 21.0. The summed E-state index contributed by atoms with van der Waals surface area (Å²) in [7, 11) is 1.53. The predicted octanol–water partition coefficient (Wildman–Crippen LogP) is 1.71. The van der Waals surface area contributed by atoms with E-state index in [1.54, 1.807) is 17.0 Å². The van der Waals surface area contributed by atoms with Crippen LogP contribution in [0.15, 0.2) is 18.2 Å². The SMILES string of the molecule is COc1ccc(F)c(CN2CCCC(O)(CN3CCN(C(C)C)CC3)C2=O)c1. The van der Waals surface area contributed by atoms with Gasteiger partial charge in [-0.25, -0.2) is 4.39 Å². The van der Waals surface area contributed by atoms with Crippen LogP contribution in [0.25, 0.3) is 0 Å². The summed E-state index contributed by atoms with van der Waals surface area (Å²) in [6.45, 7) is 8.96. The number of hydrogen-bond acceptors (Lipinski definition) is 5. The minimum absolute atomic E-state index is 0.144. The largest absolute Gasteiger partial charge is 0.497 e. The van der Waals surface area contributed by atoms with Crippen molar-refractivity contribution in [1.29, 1.82) is 0 Å². The highest BCUT2D eigenvalue weighted by molar-refractivity contribution is 5.86. The average molecular weight is 394 g/mol. The molecule has 1 aromatic carbocycles. The van der Waals surface area contributed by atoms with Crippen LogP contribution in [0.5, 0.6) is 5.75 Å². The number of aliphatic hydroxyl groups is 1. The number of carbonyl (C=O) groups is 1. The van der Waals surface area contributed by atoms with Crippen molar-refractivity contribution in [2.24, 2.45) is 0 Å². The van der Waals surface area contributed by atoms with Gasteiger partial charge in [-0.15, -0.1) is 0 Å². The normalized spacial score (nSPS) is 24.8. The van der Waals surface area contributed by atoms with E-state index in [0.717, 1.165) is 26.2 Å². The predicted molar refractivity (Wildman–Crippen MR) is 106 cm³/mol. The Bertz CT molecular complexity index is 691. The molecule has 2 fully saturated rings. The third kappa shape index (κ3) is 4.64. The lowest BCUT2D eigenvalue weighted by molar-refractivity contribution is -0.160. The number of amides is 1. The van der Waals surface area contributed by atoms with Crippen molar-refractivity contribution in [2.45, 2.75) is 44.9 Å². The Hall–Kier alpha value is -1.70. The molecule has 0 aromatic heterocycles. The van der Waals surface area contributed by atoms with E-state index in [-0.39, 0.29) is 18.3 Å². The number of piperidine rings is 1. The number of halogens is 1. The van der Waals surface area contributed by atoms with Crippen molar-refractivity contribution in [2.75, 3.05) is 46.4 Å². The van der Waals surface area contributed by atoms with Crippen molar-refractivity contribution < 1.29 is 19.0 Å². The Morgan fingerprint density at radius 1 is 1.21 bits per heavy atom. The number of piperazine rings is 1. The third-order valence-electron chi connectivity index (χ3n) is 5.94. The highest BCUT2D eigenvalue weighted by Gasteiger charge is 2.43. The van der Waals surface area contributed by atoms with E-state index in [2.05, 4.69) is 23.6 Å². The number of carbonyl (C=O) groups excluding carboxylic acids is 1. The molecule has 156 valence electrons. The number of ether oxygens (including phenoxy) is 1. The second kappa shape index (κ2) is 8.76. The van der Waals surface area contributed by atoms with Crippen LogP contribution in [0.1, 0.15) is 32.3 Å². The fourth-order valence-corrected chi connectivity index (χ4v) is 4.18. The van der Waals surface area contributed by atoms with Crippen LogP contribution in [0.4, 0.5) is 4.39 Å². The summed E-state index contributed by atoms with van der Waals surface area (Å²) >= 11 is 0. The minimum Gasteiger partial charge on any atom is -0.497 e. The molecule has 0 spiro atoms. The Labute approximate surface area is 166 Å². The Morgan fingerprint density at radius 3 is 2.57 bits per heavy atom. The molecule has 1 N–H and O–H groups in total. The van der Waals surface area contributed by atoms with Crippen LogP contribution in [-0.2, 0) is 11.3 Å². The molecule has 1 unspecified atom stereocenters. The van der Waals surface area contributed by atoms with E-state index in [9.17, 15) is 14.3 Å². The molecule has 28 heavy (non-hydrogen) atoms. The number of hydrogen-bond donors (Lipinski definition) is 1. The molecule has 6 nitrogen and oxygen atoms in total. The number of benzene rings is 1. The molecule has 0 radical (unpaired) electrons. The monoisotopic (exact) mass is 393 g/mol. The molecule has 1 atom stereocenters. The minimum atomic E-state index is -1.40. The number of β-amino-alcohol motifs (C(OH)–C–C–N with tert-alkyl or cyclic N) is 1. The van der Waals surface area contributed by atoms with Gasteiger partial charge in [-0.3, -0.25) is 14.6 Å². The van der Waals surface area contributed by atoms with E-state index < -0.39 is 5.60 Å². The maximum Gasteiger partial charge on any atom is 0.256 e. The summed E-state index contributed by atoms with van der Waals surface area (Å²) in [5, 5.41) is 11.1. The van der Waals surface area contributed by atoms with Crippen LogP contribution in [0.3, 0.4) is 0 Å². The topological polar surface area (TPSA) is 56.3 Å². The lowest BCUT2D eigenvalue weighted by Gasteiger charge is -2.43. The summed E-state index contributed by atoms with van der Waals surface area (Å²) in [5.74, 6) is -0.112.